The molecule has 0 bridgehead atoms. The zero-order valence-electron chi connectivity index (χ0n) is 16.0. The number of fused-ring (bicyclic) bond motifs is 1. The summed E-state index contributed by atoms with van der Waals surface area (Å²) in [6.45, 7) is 2.22. The zero-order chi connectivity index (χ0) is 19.4. The number of rotatable bonds is 7. The van der Waals surface area contributed by atoms with Crippen molar-refractivity contribution in [3.8, 4) is 0 Å². The van der Waals surface area contributed by atoms with Gasteiger partial charge in [-0.05, 0) is 36.3 Å². The minimum atomic E-state index is -1.55. The minimum absolute atomic E-state index is 0.177. The Bertz CT molecular complexity index is 776. The van der Waals surface area contributed by atoms with Crippen molar-refractivity contribution in [3.63, 3.8) is 0 Å². The molecule has 0 aliphatic heterocycles. The van der Waals surface area contributed by atoms with E-state index in [4.69, 9.17) is 0 Å². The number of aryl methyl sites for hydroxylation is 1. The van der Waals surface area contributed by atoms with Gasteiger partial charge in [0.1, 0.15) is 5.82 Å². The van der Waals surface area contributed by atoms with E-state index in [0.29, 0.717) is 17.9 Å². The fraction of sp³-hybridized carbons (Fsp3) is 0.565. The third-order valence-electron chi connectivity index (χ3n) is 6.17. The molecule has 0 atom stereocenters. The van der Waals surface area contributed by atoms with Gasteiger partial charge in [0.2, 0.25) is 0 Å². The summed E-state index contributed by atoms with van der Waals surface area (Å²) in [5.74, 6) is -3.42. The van der Waals surface area contributed by atoms with Gasteiger partial charge in [0.05, 0.1) is 0 Å². The molecule has 2 aromatic rings. The van der Waals surface area contributed by atoms with Crippen LogP contribution in [0.15, 0.2) is 18.2 Å². The number of halogens is 4. The first-order valence-corrected chi connectivity index (χ1v) is 10.3. The highest BCUT2D eigenvalue weighted by Gasteiger charge is 2.22. The molecule has 0 heterocycles. The molecule has 27 heavy (non-hydrogen) atoms. The van der Waals surface area contributed by atoms with E-state index in [2.05, 4.69) is 6.92 Å². The minimum Gasteiger partial charge on any atom is -0.206 e. The quantitative estimate of drug-likeness (QED) is 0.262. The highest BCUT2D eigenvalue weighted by molar-refractivity contribution is 5.84. The van der Waals surface area contributed by atoms with Gasteiger partial charge < -0.3 is 0 Å². The van der Waals surface area contributed by atoms with E-state index in [0.717, 1.165) is 18.4 Å². The third kappa shape index (κ3) is 4.64. The number of unbranched alkanes of at least 4 members (excludes halogenated alkanes) is 2. The Hall–Kier alpha value is -1.58. The molecule has 0 amide bonds. The van der Waals surface area contributed by atoms with Gasteiger partial charge in [0.25, 0.3) is 0 Å². The van der Waals surface area contributed by atoms with Crippen molar-refractivity contribution in [2.75, 3.05) is 0 Å². The van der Waals surface area contributed by atoms with Crippen LogP contribution in [-0.2, 0) is 6.42 Å². The van der Waals surface area contributed by atoms with Gasteiger partial charge >= 0.3 is 0 Å². The van der Waals surface area contributed by atoms with Gasteiger partial charge in [-0.25, -0.2) is 17.6 Å². The number of hydrogen-bond donors (Lipinski definition) is 0. The van der Waals surface area contributed by atoms with Crippen LogP contribution in [0.4, 0.5) is 17.6 Å². The van der Waals surface area contributed by atoms with Gasteiger partial charge in [-0.3, -0.25) is 0 Å². The average Bonchev–Trinajstić information content (AvgIpc) is 2.67. The van der Waals surface area contributed by atoms with Crippen LogP contribution in [0.1, 0.15) is 70.3 Å². The van der Waals surface area contributed by atoms with Gasteiger partial charge in [-0.1, -0.05) is 70.4 Å². The molecule has 148 valence electrons. The van der Waals surface area contributed by atoms with E-state index in [1.807, 2.05) is 0 Å². The molecule has 1 aliphatic carbocycles. The molecular formula is C23H28F4. The van der Waals surface area contributed by atoms with E-state index in [1.165, 1.54) is 63.5 Å². The Labute approximate surface area is 159 Å². The molecule has 0 radical (unpaired) electrons. The lowest BCUT2D eigenvalue weighted by atomic mass is 9.77. The van der Waals surface area contributed by atoms with Gasteiger partial charge in [0.15, 0.2) is 17.5 Å². The van der Waals surface area contributed by atoms with Gasteiger partial charge in [-0.15, -0.1) is 0 Å². The SMILES string of the molecule is CCCCCC1CCC(CCc2ccc3c(F)c(F)c(F)cc3c2F)CC1. The summed E-state index contributed by atoms with van der Waals surface area (Å²) in [5, 5.41) is -0.383. The van der Waals surface area contributed by atoms with Crippen LogP contribution in [0.5, 0.6) is 0 Å². The van der Waals surface area contributed by atoms with E-state index in [-0.39, 0.29) is 10.8 Å². The summed E-state index contributed by atoms with van der Waals surface area (Å²) in [6, 6.07) is 3.62. The topological polar surface area (TPSA) is 0 Å². The first-order valence-electron chi connectivity index (χ1n) is 10.3. The molecule has 0 saturated heterocycles. The van der Waals surface area contributed by atoms with Crippen molar-refractivity contribution in [1.29, 1.82) is 0 Å². The summed E-state index contributed by atoms with van der Waals surface area (Å²) in [5.41, 5.74) is 0.456. The Morgan fingerprint density at radius 1 is 0.778 bits per heavy atom. The normalized spacial score (nSPS) is 20.3. The van der Waals surface area contributed by atoms with E-state index < -0.39 is 23.3 Å². The molecule has 0 spiro atoms. The first-order chi connectivity index (χ1) is 13.0. The maximum atomic E-state index is 14.7. The van der Waals surface area contributed by atoms with Crippen molar-refractivity contribution in [2.45, 2.75) is 71.1 Å². The van der Waals surface area contributed by atoms with Crippen molar-refractivity contribution in [2.24, 2.45) is 11.8 Å². The fourth-order valence-electron chi connectivity index (χ4n) is 4.43. The second-order valence-electron chi connectivity index (χ2n) is 8.04. The molecule has 0 aromatic heterocycles. The van der Waals surface area contributed by atoms with Crippen LogP contribution in [0, 0.1) is 35.1 Å². The molecule has 3 rings (SSSR count). The third-order valence-corrected chi connectivity index (χ3v) is 6.17. The molecule has 2 aromatic carbocycles. The summed E-state index contributed by atoms with van der Waals surface area (Å²) in [7, 11) is 0. The summed E-state index contributed by atoms with van der Waals surface area (Å²) >= 11 is 0. The predicted molar refractivity (Wildman–Crippen MR) is 102 cm³/mol. The summed E-state index contributed by atoms with van der Waals surface area (Å²) in [6.07, 6.45) is 11.5. The molecule has 1 fully saturated rings. The van der Waals surface area contributed by atoms with E-state index in [9.17, 15) is 17.6 Å². The molecule has 0 N–H and O–H groups in total. The standard InChI is InChI=1S/C23H28F4/c1-2-3-4-5-15-6-8-16(9-7-15)10-11-17-12-13-18-19(21(17)25)14-20(24)23(27)22(18)26/h12-16H,2-11H2,1H3. The second-order valence-corrected chi connectivity index (χ2v) is 8.04. The highest BCUT2D eigenvalue weighted by Crippen LogP contribution is 2.35. The first kappa shape index (κ1) is 20.2. The Kier molecular flexibility index (Phi) is 6.78. The lowest BCUT2D eigenvalue weighted by Crippen LogP contribution is -2.15. The molecule has 0 unspecified atom stereocenters. The molecule has 0 nitrogen and oxygen atoms in total. The van der Waals surface area contributed by atoms with Crippen LogP contribution in [0.2, 0.25) is 0 Å². The van der Waals surface area contributed by atoms with Gasteiger partial charge in [0, 0.05) is 10.8 Å². The predicted octanol–water partition coefficient (Wildman–Crippen LogP) is 7.72. The van der Waals surface area contributed by atoms with Crippen molar-refractivity contribution >= 4 is 10.8 Å². The fourth-order valence-corrected chi connectivity index (χ4v) is 4.43. The Morgan fingerprint density at radius 3 is 2.11 bits per heavy atom. The highest BCUT2D eigenvalue weighted by atomic mass is 19.2. The average molecular weight is 380 g/mol. The number of benzene rings is 2. The number of hydrogen-bond acceptors (Lipinski definition) is 0. The molecule has 4 heteroatoms. The summed E-state index contributed by atoms with van der Waals surface area (Å²) in [4.78, 5) is 0. The van der Waals surface area contributed by atoms with E-state index in [1.54, 1.807) is 0 Å². The largest absolute Gasteiger partial charge is 0.206 e. The lowest BCUT2D eigenvalue weighted by molar-refractivity contribution is 0.249. The van der Waals surface area contributed by atoms with Crippen molar-refractivity contribution in [1.82, 2.24) is 0 Å². The maximum absolute atomic E-state index is 14.7. The summed E-state index contributed by atoms with van der Waals surface area (Å²) < 4.78 is 55.3. The van der Waals surface area contributed by atoms with E-state index >= 15 is 0 Å². The molecular weight excluding hydrogens is 352 g/mol. The maximum Gasteiger partial charge on any atom is 0.195 e. The van der Waals surface area contributed by atoms with Crippen LogP contribution in [-0.4, -0.2) is 0 Å². The van der Waals surface area contributed by atoms with Crippen molar-refractivity contribution in [3.05, 3.63) is 47.0 Å². The Morgan fingerprint density at radius 2 is 1.44 bits per heavy atom. The molecule has 1 saturated carbocycles. The zero-order valence-corrected chi connectivity index (χ0v) is 16.0. The smallest absolute Gasteiger partial charge is 0.195 e. The lowest BCUT2D eigenvalue weighted by Gasteiger charge is -2.28. The van der Waals surface area contributed by atoms with Crippen LogP contribution < -0.4 is 0 Å². The monoisotopic (exact) mass is 380 g/mol. The van der Waals surface area contributed by atoms with Crippen LogP contribution in [0.3, 0.4) is 0 Å². The Balaban J connectivity index is 1.60. The van der Waals surface area contributed by atoms with Crippen molar-refractivity contribution < 1.29 is 17.6 Å². The van der Waals surface area contributed by atoms with Crippen LogP contribution >= 0.6 is 0 Å². The second kappa shape index (κ2) is 9.07. The van der Waals surface area contributed by atoms with Gasteiger partial charge in [-0.2, -0.15) is 0 Å². The molecule has 1 aliphatic rings. The van der Waals surface area contributed by atoms with Crippen LogP contribution in [0.25, 0.3) is 10.8 Å².